The summed E-state index contributed by atoms with van der Waals surface area (Å²) in [7, 11) is 0. The van der Waals surface area contributed by atoms with Crippen LogP contribution >= 0.6 is 38.9 Å². The number of rotatable bonds is 2. The third-order valence-electron chi connectivity index (χ3n) is 2.97. The van der Waals surface area contributed by atoms with Crippen LogP contribution in [0.15, 0.2) is 15.2 Å². The van der Waals surface area contributed by atoms with Crippen molar-refractivity contribution >= 4 is 38.9 Å². The SMILES string of the molecule is CC1CN(Cc2ccsc2Br)CCC1Cl. The highest BCUT2D eigenvalue weighted by Gasteiger charge is 2.24. The van der Waals surface area contributed by atoms with Crippen LogP contribution in [0.3, 0.4) is 0 Å². The van der Waals surface area contributed by atoms with E-state index in [4.69, 9.17) is 11.6 Å². The summed E-state index contributed by atoms with van der Waals surface area (Å²) < 4.78 is 1.27. The molecular weight excluding hydrogens is 294 g/mol. The van der Waals surface area contributed by atoms with E-state index in [1.807, 2.05) is 0 Å². The van der Waals surface area contributed by atoms with Crippen molar-refractivity contribution in [2.45, 2.75) is 25.3 Å². The van der Waals surface area contributed by atoms with Crippen LogP contribution < -0.4 is 0 Å². The van der Waals surface area contributed by atoms with E-state index in [9.17, 15) is 0 Å². The second-order valence-corrected chi connectivity index (χ2v) is 7.03. The Kier molecular flexibility index (Phi) is 4.10. The number of alkyl halides is 1. The van der Waals surface area contributed by atoms with E-state index in [0.717, 1.165) is 26.1 Å². The van der Waals surface area contributed by atoms with Gasteiger partial charge in [0.2, 0.25) is 0 Å². The van der Waals surface area contributed by atoms with Crippen molar-refractivity contribution in [2.75, 3.05) is 13.1 Å². The van der Waals surface area contributed by atoms with Crippen LogP contribution in [0.2, 0.25) is 0 Å². The Bertz CT molecular complexity index is 328. The lowest BCUT2D eigenvalue weighted by atomic mass is 9.99. The Labute approximate surface area is 109 Å². The average Bonchev–Trinajstić information content (AvgIpc) is 2.59. The van der Waals surface area contributed by atoms with Crippen LogP contribution in [-0.4, -0.2) is 23.4 Å². The smallest absolute Gasteiger partial charge is 0.0743 e. The minimum Gasteiger partial charge on any atom is -0.299 e. The Morgan fingerprint density at radius 3 is 3.07 bits per heavy atom. The zero-order chi connectivity index (χ0) is 10.8. The maximum absolute atomic E-state index is 6.21. The lowest BCUT2D eigenvalue weighted by Crippen LogP contribution is -2.39. The molecule has 4 heteroatoms. The van der Waals surface area contributed by atoms with Gasteiger partial charge in [0.25, 0.3) is 0 Å². The lowest BCUT2D eigenvalue weighted by Gasteiger charge is -2.33. The third-order valence-corrected chi connectivity index (χ3v) is 5.43. The Morgan fingerprint density at radius 1 is 1.67 bits per heavy atom. The van der Waals surface area contributed by atoms with Crippen molar-refractivity contribution in [2.24, 2.45) is 5.92 Å². The minimum atomic E-state index is 0.368. The fourth-order valence-electron chi connectivity index (χ4n) is 2.02. The molecule has 2 rings (SSSR count). The van der Waals surface area contributed by atoms with Crippen molar-refractivity contribution in [1.29, 1.82) is 0 Å². The molecule has 0 saturated carbocycles. The highest BCUT2D eigenvalue weighted by molar-refractivity contribution is 9.11. The van der Waals surface area contributed by atoms with Crippen molar-refractivity contribution in [1.82, 2.24) is 4.90 Å². The molecule has 84 valence electrons. The van der Waals surface area contributed by atoms with Crippen molar-refractivity contribution in [3.63, 3.8) is 0 Å². The number of thiophene rings is 1. The van der Waals surface area contributed by atoms with Gasteiger partial charge in [0.15, 0.2) is 0 Å². The van der Waals surface area contributed by atoms with Gasteiger partial charge in [-0.3, -0.25) is 4.90 Å². The van der Waals surface area contributed by atoms with E-state index in [-0.39, 0.29) is 0 Å². The Balaban J connectivity index is 1.94. The molecule has 0 aliphatic carbocycles. The standard InChI is InChI=1S/C11H15BrClNS/c1-8-6-14(4-2-10(8)13)7-9-3-5-15-11(9)12/h3,5,8,10H,2,4,6-7H2,1H3. The molecule has 1 aliphatic rings. The summed E-state index contributed by atoms with van der Waals surface area (Å²) in [5, 5.41) is 2.50. The van der Waals surface area contributed by atoms with Crippen LogP contribution in [0, 0.1) is 5.92 Å². The number of hydrogen-bond donors (Lipinski definition) is 0. The summed E-state index contributed by atoms with van der Waals surface area (Å²) >= 11 is 11.6. The van der Waals surface area contributed by atoms with Crippen molar-refractivity contribution < 1.29 is 0 Å². The first-order valence-electron chi connectivity index (χ1n) is 5.25. The molecular formula is C11H15BrClNS. The van der Waals surface area contributed by atoms with Gasteiger partial charge in [0.1, 0.15) is 0 Å². The molecule has 0 spiro atoms. The summed E-state index contributed by atoms with van der Waals surface area (Å²) in [4.78, 5) is 2.50. The highest BCUT2D eigenvalue weighted by atomic mass is 79.9. The monoisotopic (exact) mass is 307 g/mol. The maximum Gasteiger partial charge on any atom is 0.0743 e. The zero-order valence-electron chi connectivity index (χ0n) is 8.75. The van der Waals surface area contributed by atoms with Gasteiger partial charge in [0.05, 0.1) is 3.79 Å². The van der Waals surface area contributed by atoms with Gasteiger partial charge in [-0.1, -0.05) is 6.92 Å². The number of likely N-dealkylation sites (tertiary alicyclic amines) is 1. The average molecular weight is 309 g/mol. The number of hydrogen-bond acceptors (Lipinski definition) is 2. The molecule has 2 heterocycles. The maximum atomic E-state index is 6.21. The molecule has 1 saturated heterocycles. The number of halogens is 2. The molecule has 0 radical (unpaired) electrons. The zero-order valence-corrected chi connectivity index (χ0v) is 11.9. The molecule has 1 nitrogen and oxygen atoms in total. The largest absolute Gasteiger partial charge is 0.299 e. The topological polar surface area (TPSA) is 3.24 Å². The van der Waals surface area contributed by atoms with Crippen LogP contribution in [0.25, 0.3) is 0 Å². The minimum absolute atomic E-state index is 0.368. The fourth-order valence-corrected chi connectivity index (χ4v) is 3.41. The number of nitrogens with zero attached hydrogens (tertiary/aromatic N) is 1. The van der Waals surface area contributed by atoms with Gasteiger partial charge in [-0.15, -0.1) is 22.9 Å². The molecule has 0 aromatic carbocycles. The second kappa shape index (κ2) is 5.17. The highest BCUT2D eigenvalue weighted by Crippen LogP contribution is 2.27. The van der Waals surface area contributed by atoms with E-state index in [1.54, 1.807) is 11.3 Å². The van der Waals surface area contributed by atoms with Crippen LogP contribution in [0.4, 0.5) is 0 Å². The van der Waals surface area contributed by atoms with E-state index >= 15 is 0 Å². The van der Waals surface area contributed by atoms with Crippen molar-refractivity contribution in [3.05, 3.63) is 20.8 Å². The summed E-state index contributed by atoms with van der Waals surface area (Å²) in [6.07, 6.45) is 1.12. The van der Waals surface area contributed by atoms with E-state index < -0.39 is 0 Å². The van der Waals surface area contributed by atoms with E-state index in [1.165, 1.54) is 9.35 Å². The summed E-state index contributed by atoms with van der Waals surface area (Å²) in [6, 6.07) is 2.20. The molecule has 1 aromatic rings. The van der Waals surface area contributed by atoms with Gasteiger partial charge in [-0.2, -0.15) is 0 Å². The molecule has 1 fully saturated rings. The summed E-state index contributed by atoms with van der Waals surface area (Å²) in [6.45, 7) is 5.54. The van der Waals surface area contributed by atoms with Crippen LogP contribution in [0.1, 0.15) is 18.9 Å². The molecule has 2 atom stereocenters. The molecule has 1 aliphatic heterocycles. The number of piperidine rings is 1. The van der Waals surface area contributed by atoms with Gasteiger partial charge in [-0.05, 0) is 51.8 Å². The lowest BCUT2D eigenvalue weighted by molar-refractivity contribution is 0.180. The molecule has 0 N–H and O–H groups in total. The van der Waals surface area contributed by atoms with E-state index in [2.05, 4.69) is 39.2 Å². The van der Waals surface area contributed by atoms with Gasteiger partial charge >= 0.3 is 0 Å². The first kappa shape index (κ1) is 11.9. The molecule has 0 amide bonds. The van der Waals surface area contributed by atoms with Gasteiger partial charge in [0, 0.05) is 18.5 Å². The van der Waals surface area contributed by atoms with Crippen molar-refractivity contribution in [3.8, 4) is 0 Å². The van der Waals surface area contributed by atoms with Crippen LogP contribution in [-0.2, 0) is 6.54 Å². The Morgan fingerprint density at radius 2 is 2.47 bits per heavy atom. The molecule has 0 bridgehead atoms. The Hall–Kier alpha value is 0.430. The normalized spacial score (nSPS) is 28.2. The fraction of sp³-hybridized carbons (Fsp3) is 0.636. The van der Waals surface area contributed by atoms with E-state index in [0.29, 0.717) is 11.3 Å². The molecule has 1 aromatic heterocycles. The summed E-state index contributed by atoms with van der Waals surface area (Å²) in [5.41, 5.74) is 1.40. The van der Waals surface area contributed by atoms with Crippen LogP contribution in [0.5, 0.6) is 0 Å². The third kappa shape index (κ3) is 2.96. The molecule has 15 heavy (non-hydrogen) atoms. The van der Waals surface area contributed by atoms with Gasteiger partial charge in [-0.25, -0.2) is 0 Å². The molecule has 2 unspecified atom stereocenters. The first-order valence-corrected chi connectivity index (χ1v) is 7.36. The second-order valence-electron chi connectivity index (χ2n) is 4.24. The quantitative estimate of drug-likeness (QED) is 0.748. The van der Waals surface area contributed by atoms with Gasteiger partial charge < -0.3 is 0 Å². The predicted molar refractivity (Wildman–Crippen MR) is 70.7 cm³/mol. The predicted octanol–water partition coefficient (Wildman–Crippen LogP) is 3.96. The first-order chi connectivity index (χ1) is 7.16. The summed E-state index contributed by atoms with van der Waals surface area (Å²) in [5.74, 6) is 0.609.